The number of aromatic nitrogens is 2. The van der Waals surface area contributed by atoms with E-state index < -0.39 is 22.6 Å². The van der Waals surface area contributed by atoms with Gasteiger partial charge in [-0.3, -0.25) is 14.9 Å². The molecule has 0 aliphatic rings. The molecule has 9 nitrogen and oxygen atoms in total. The highest BCUT2D eigenvalue weighted by Gasteiger charge is 2.30. The van der Waals surface area contributed by atoms with Gasteiger partial charge in [0.25, 0.3) is 5.91 Å². The Morgan fingerprint density at radius 3 is 2.66 bits per heavy atom. The van der Waals surface area contributed by atoms with Gasteiger partial charge in [0.15, 0.2) is 0 Å². The molecule has 32 heavy (non-hydrogen) atoms. The molecule has 0 spiro atoms. The van der Waals surface area contributed by atoms with Crippen molar-refractivity contribution in [1.29, 1.82) is 0 Å². The van der Waals surface area contributed by atoms with Gasteiger partial charge in [0.05, 0.1) is 10.5 Å². The second-order valence-electron chi connectivity index (χ2n) is 6.29. The maximum atomic E-state index is 12.9. The molecule has 0 aliphatic carbocycles. The van der Waals surface area contributed by atoms with Crippen molar-refractivity contribution < 1.29 is 27.6 Å². The number of hydrogen-bond donors (Lipinski definition) is 2. The van der Waals surface area contributed by atoms with E-state index in [0.29, 0.717) is 6.54 Å². The molecule has 0 bridgehead atoms. The zero-order valence-corrected chi connectivity index (χ0v) is 16.5. The van der Waals surface area contributed by atoms with Gasteiger partial charge in [0.2, 0.25) is 11.7 Å². The zero-order valence-electron chi connectivity index (χ0n) is 16.5. The van der Waals surface area contributed by atoms with E-state index in [1.807, 2.05) is 0 Å². The smallest absolute Gasteiger partial charge is 0.416 e. The number of nitrogens with one attached hydrogen (secondary N) is 2. The molecule has 166 valence electrons. The van der Waals surface area contributed by atoms with E-state index in [1.54, 1.807) is 6.92 Å². The topological polar surface area (TPSA) is 119 Å². The monoisotopic (exact) mass is 447 g/mol. The molecule has 2 aromatic heterocycles. The van der Waals surface area contributed by atoms with Crippen LogP contribution in [0, 0.1) is 10.1 Å². The summed E-state index contributed by atoms with van der Waals surface area (Å²) in [6, 6.07) is 9.39. The fraction of sp³-hybridized carbons (Fsp3) is 0.150. The minimum absolute atomic E-state index is 0.0189. The van der Waals surface area contributed by atoms with Crippen molar-refractivity contribution in [1.82, 2.24) is 9.97 Å². The van der Waals surface area contributed by atoms with Crippen LogP contribution >= 0.6 is 0 Å². The summed E-state index contributed by atoms with van der Waals surface area (Å²) in [5.74, 6) is -1.11. The number of halogens is 3. The summed E-state index contributed by atoms with van der Waals surface area (Å²) in [6.07, 6.45) is -3.25. The minimum Gasteiger partial charge on any atom is -0.438 e. The molecule has 12 heteroatoms. The van der Waals surface area contributed by atoms with Crippen LogP contribution in [0.1, 0.15) is 22.8 Å². The number of carbonyl (C=O) groups is 1. The highest BCUT2D eigenvalue weighted by molar-refractivity contribution is 6.05. The molecule has 0 radical (unpaired) electrons. The van der Waals surface area contributed by atoms with Crippen molar-refractivity contribution in [3.05, 3.63) is 76.0 Å². The summed E-state index contributed by atoms with van der Waals surface area (Å²) in [4.78, 5) is 31.2. The van der Waals surface area contributed by atoms with Gasteiger partial charge in [-0.2, -0.15) is 13.2 Å². The van der Waals surface area contributed by atoms with Crippen LogP contribution < -0.4 is 15.4 Å². The lowest BCUT2D eigenvalue weighted by Crippen LogP contribution is -2.15. The van der Waals surface area contributed by atoms with E-state index in [9.17, 15) is 28.1 Å². The average molecular weight is 447 g/mol. The van der Waals surface area contributed by atoms with Crippen LogP contribution in [0.3, 0.4) is 0 Å². The standard InChI is InChI=1S/C20H16F3N5O4/c1-2-24-17-15(28(30)31)8-9-16(26-17)27-18(29)14-7-4-10-25-19(14)32-13-6-3-5-12(11-13)20(21,22)23/h3-11H,2H2,1H3,(H2,24,26,27,29). The predicted octanol–water partition coefficient (Wildman–Crippen LogP) is 4.88. The molecule has 0 unspecified atom stereocenters. The van der Waals surface area contributed by atoms with Crippen LogP contribution in [0.2, 0.25) is 0 Å². The maximum Gasteiger partial charge on any atom is 0.416 e. The second kappa shape index (κ2) is 9.29. The number of rotatable bonds is 7. The number of ether oxygens (including phenoxy) is 1. The molecule has 0 aliphatic heterocycles. The van der Waals surface area contributed by atoms with Crippen LogP contribution in [-0.2, 0) is 6.18 Å². The Hall–Kier alpha value is -4.22. The summed E-state index contributed by atoms with van der Waals surface area (Å²) in [5, 5.41) is 16.3. The van der Waals surface area contributed by atoms with E-state index in [-0.39, 0.29) is 34.5 Å². The number of hydrogen-bond acceptors (Lipinski definition) is 7. The van der Waals surface area contributed by atoms with Gasteiger partial charge in [-0.15, -0.1) is 0 Å². The molecule has 0 saturated carbocycles. The number of benzene rings is 1. The number of nitro groups is 1. The lowest BCUT2D eigenvalue weighted by molar-refractivity contribution is -0.384. The van der Waals surface area contributed by atoms with Crippen LogP contribution in [-0.4, -0.2) is 27.3 Å². The first kappa shape index (κ1) is 22.5. The van der Waals surface area contributed by atoms with Gasteiger partial charge < -0.3 is 15.4 Å². The van der Waals surface area contributed by atoms with E-state index >= 15 is 0 Å². The first-order chi connectivity index (χ1) is 15.2. The minimum atomic E-state index is -4.56. The number of carbonyl (C=O) groups excluding carboxylic acids is 1. The summed E-state index contributed by atoms with van der Waals surface area (Å²) in [7, 11) is 0. The zero-order chi connectivity index (χ0) is 23.3. The first-order valence-electron chi connectivity index (χ1n) is 9.20. The number of pyridine rings is 2. The Morgan fingerprint density at radius 2 is 1.97 bits per heavy atom. The van der Waals surface area contributed by atoms with Crippen molar-refractivity contribution in [2.24, 2.45) is 0 Å². The number of amides is 1. The third-order valence-electron chi connectivity index (χ3n) is 4.05. The normalized spacial score (nSPS) is 11.0. The summed E-state index contributed by atoms with van der Waals surface area (Å²) in [5.41, 5.74) is -1.25. The fourth-order valence-corrected chi connectivity index (χ4v) is 2.64. The number of alkyl halides is 3. The van der Waals surface area contributed by atoms with Crippen molar-refractivity contribution >= 4 is 23.2 Å². The second-order valence-corrected chi connectivity index (χ2v) is 6.29. The van der Waals surface area contributed by atoms with Crippen molar-refractivity contribution in [2.45, 2.75) is 13.1 Å². The van der Waals surface area contributed by atoms with Crippen LogP contribution in [0.4, 0.5) is 30.5 Å². The molecule has 0 fully saturated rings. The lowest BCUT2D eigenvalue weighted by Gasteiger charge is -2.12. The third-order valence-corrected chi connectivity index (χ3v) is 4.05. The molecule has 1 aromatic carbocycles. The number of anilines is 2. The van der Waals surface area contributed by atoms with E-state index in [2.05, 4.69) is 20.6 Å². The third kappa shape index (κ3) is 5.28. The van der Waals surface area contributed by atoms with Crippen molar-refractivity contribution in [2.75, 3.05) is 17.2 Å². The molecular weight excluding hydrogens is 431 g/mol. The van der Waals surface area contributed by atoms with Crippen molar-refractivity contribution in [3.63, 3.8) is 0 Å². The lowest BCUT2D eigenvalue weighted by atomic mass is 10.2. The Bertz CT molecular complexity index is 1150. The molecule has 2 heterocycles. The molecule has 3 rings (SSSR count). The average Bonchev–Trinajstić information content (AvgIpc) is 2.74. The molecular formula is C20H16F3N5O4. The molecule has 2 N–H and O–H groups in total. The van der Waals surface area contributed by atoms with Crippen LogP contribution in [0.25, 0.3) is 0 Å². The van der Waals surface area contributed by atoms with Gasteiger partial charge in [0, 0.05) is 18.8 Å². The Labute approximate surface area is 179 Å². The Kier molecular flexibility index (Phi) is 6.52. The van der Waals surface area contributed by atoms with Gasteiger partial charge in [-0.05, 0) is 43.3 Å². The van der Waals surface area contributed by atoms with E-state index in [1.165, 1.54) is 42.6 Å². The first-order valence-corrected chi connectivity index (χ1v) is 9.20. The Balaban J connectivity index is 1.85. The van der Waals surface area contributed by atoms with Gasteiger partial charge in [-0.25, -0.2) is 9.97 Å². The molecule has 1 amide bonds. The largest absolute Gasteiger partial charge is 0.438 e. The highest BCUT2D eigenvalue weighted by atomic mass is 19.4. The quantitative estimate of drug-likeness (QED) is 0.391. The van der Waals surface area contributed by atoms with Crippen LogP contribution in [0.5, 0.6) is 11.6 Å². The molecule has 0 saturated heterocycles. The van der Waals surface area contributed by atoms with Crippen LogP contribution in [0.15, 0.2) is 54.7 Å². The van der Waals surface area contributed by atoms with Crippen molar-refractivity contribution in [3.8, 4) is 11.6 Å². The highest BCUT2D eigenvalue weighted by Crippen LogP contribution is 2.33. The maximum absolute atomic E-state index is 12.9. The fourth-order valence-electron chi connectivity index (χ4n) is 2.64. The van der Waals surface area contributed by atoms with Gasteiger partial charge in [0.1, 0.15) is 17.1 Å². The molecule has 0 atom stereocenters. The predicted molar refractivity (Wildman–Crippen MR) is 109 cm³/mol. The summed E-state index contributed by atoms with van der Waals surface area (Å²) in [6.45, 7) is 2.09. The SMILES string of the molecule is CCNc1nc(NC(=O)c2cccnc2Oc2cccc(C(F)(F)F)c2)ccc1[N+](=O)[O-]. The summed E-state index contributed by atoms with van der Waals surface area (Å²) >= 11 is 0. The Morgan fingerprint density at radius 1 is 1.19 bits per heavy atom. The van der Waals surface area contributed by atoms with E-state index in [0.717, 1.165) is 12.1 Å². The van der Waals surface area contributed by atoms with Gasteiger partial charge >= 0.3 is 11.9 Å². The molecule has 3 aromatic rings. The van der Waals surface area contributed by atoms with Gasteiger partial charge in [-0.1, -0.05) is 6.07 Å². The van der Waals surface area contributed by atoms with E-state index in [4.69, 9.17) is 4.74 Å². The summed E-state index contributed by atoms with van der Waals surface area (Å²) < 4.78 is 44.2. The number of nitrogens with zero attached hydrogens (tertiary/aromatic N) is 3.